The van der Waals surface area contributed by atoms with E-state index in [0.717, 1.165) is 11.8 Å². The van der Waals surface area contributed by atoms with Gasteiger partial charge in [0.2, 0.25) is 0 Å². The first kappa shape index (κ1) is 10.3. The van der Waals surface area contributed by atoms with E-state index in [1.807, 2.05) is 0 Å². The molecule has 1 fully saturated rings. The van der Waals surface area contributed by atoms with Crippen molar-refractivity contribution in [3.05, 3.63) is 0 Å². The highest BCUT2D eigenvalue weighted by molar-refractivity contribution is 8.14. The third kappa shape index (κ3) is 3.75. The van der Waals surface area contributed by atoms with E-state index in [0.29, 0.717) is 10.5 Å². The molecule has 0 amide bonds. The molecule has 1 saturated carbocycles. The molecule has 0 nitrogen and oxygen atoms in total. The maximum Gasteiger partial charge on any atom is -0.00942 e. The van der Waals surface area contributed by atoms with Gasteiger partial charge in [0.05, 0.1) is 0 Å². The van der Waals surface area contributed by atoms with Crippen molar-refractivity contribution in [1.82, 2.24) is 0 Å². The lowest BCUT2D eigenvalue weighted by molar-refractivity contribution is 0.621. The lowest BCUT2D eigenvalue weighted by Gasteiger charge is -2.14. The van der Waals surface area contributed by atoms with Crippen LogP contribution in [-0.4, -0.2) is 17.4 Å². The Morgan fingerprint density at radius 1 is 1.33 bits per heavy atom. The largest absolute Gasteiger partial charge is 0.193 e. The highest BCUT2D eigenvalue weighted by atomic mass is 32.2. The number of hydrogen-bond acceptors (Lipinski definition) is 0. The van der Waals surface area contributed by atoms with Gasteiger partial charge >= 0.3 is 0 Å². The zero-order valence-corrected chi connectivity index (χ0v) is 9.33. The molecular weight excluding hydrogens is 164 g/mol. The summed E-state index contributed by atoms with van der Waals surface area (Å²) in [6, 6.07) is 0. The summed E-state index contributed by atoms with van der Waals surface area (Å²) in [5, 5.41) is 0. The standard InChI is InChI=1S/C11H22S/c1-10(2)8-12(3)9-11-6-4-5-7-11/h10-11H,3-9H2,1-2H3. The molecule has 0 aromatic rings. The summed E-state index contributed by atoms with van der Waals surface area (Å²) in [6.45, 7) is 4.61. The Balaban J connectivity index is 2.16. The van der Waals surface area contributed by atoms with Gasteiger partial charge in [0.25, 0.3) is 0 Å². The second-order valence-electron chi connectivity index (χ2n) is 4.49. The van der Waals surface area contributed by atoms with Crippen LogP contribution < -0.4 is 0 Å². The predicted molar refractivity (Wildman–Crippen MR) is 61.2 cm³/mol. The minimum atomic E-state index is 0.460. The van der Waals surface area contributed by atoms with Crippen molar-refractivity contribution in [3.63, 3.8) is 0 Å². The van der Waals surface area contributed by atoms with Crippen molar-refractivity contribution >= 4 is 16.4 Å². The van der Waals surface area contributed by atoms with E-state index >= 15 is 0 Å². The minimum absolute atomic E-state index is 0.460. The minimum Gasteiger partial charge on any atom is -0.193 e. The highest BCUT2D eigenvalue weighted by Gasteiger charge is 2.15. The Bertz CT molecular complexity index is 143. The molecule has 1 aliphatic carbocycles. The van der Waals surface area contributed by atoms with Gasteiger partial charge in [0, 0.05) is 0 Å². The number of hydrogen-bond donors (Lipinski definition) is 0. The smallest absolute Gasteiger partial charge is 0.00942 e. The van der Waals surface area contributed by atoms with E-state index in [2.05, 4.69) is 19.7 Å². The summed E-state index contributed by atoms with van der Waals surface area (Å²) in [4.78, 5) is 0. The molecule has 1 aliphatic rings. The van der Waals surface area contributed by atoms with Crippen LogP contribution in [0.4, 0.5) is 0 Å². The second kappa shape index (κ2) is 5.06. The molecule has 0 radical (unpaired) electrons. The summed E-state index contributed by atoms with van der Waals surface area (Å²) in [5.74, 6) is 8.90. The Morgan fingerprint density at radius 2 is 1.92 bits per heavy atom. The van der Waals surface area contributed by atoms with Crippen molar-refractivity contribution in [2.45, 2.75) is 39.5 Å². The van der Waals surface area contributed by atoms with E-state index in [9.17, 15) is 0 Å². The van der Waals surface area contributed by atoms with Gasteiger partial charge < -0.3 is 0 Å². The van der Waals surface area contributed by atoms with E-state index < -0.39 is 0 Å². The maximum atomic E-state index is 4.27. The first-order valence-electron chi connectivity index (χ1n) is 5.15. The monoisotopic (exact) mass is 186 g/mol. The van der Waals surface area contributed by atoms with Gasteiger partial charge in [0.15, 0.2) is 0 Å². The molecular formula is C11H22S. The van der Waals surface area contributed by atoms with E-state index in [-0.39, 0.29) is 0 Å². The van der Waals surface area contributed by atoms with Crippen molar-refractivity contribution in [2.24, 2.45) is 11.8 Å². The van der Waals surface area contributed by atoms with Crippen molar-refractivity contribution in [1.29, 1.82) is 0 Å². The topological polar surface area (TPSA) is 0 Å². The van der Waals surface area contributed by atoms with Gasteiger partial charge in [-0.1, -0.05) is 32.6 Å². The molecule has 1 rings (SSSR count). The van der Waals surface area contributed by atoms with Crippen molar-refractivity contribution in [3.8, 4) is 0 Å². The summed E-state index contributed by atoms with van der Waals surface area (Å²) < 4.78 is 0. The molecule has 0 aliphatic heterocycles. The zero-order valence-electron chi connectivity index (χ0n) is 8.51. The average Bonchev–Trinajstić information content (AvgIpc) is 2.37. The zero-order chi connectivity index (χ0) is 8.97. The molecule has 0 aromatic carbocycles. The van der Waals surface area contributed by atoms with Crippen LogP contribution in [0.3, 0.4) is 0 Å². The third-order valence-corrected chi connectivity index (χ3v) is 4.60. The molecule has 12 heavy (non-hydrogen) atoms. The normalized spacial score (nSPS) is 21.9. The van der Waals surface area contributed by atoms with Crippen LogP contribution in [0.2, 0.25) is 0 Å². The molecule has 0 heterocycles. The van der Waals surface area contributed by atoms with Crippen LogP contribution in [0, 0.1) is 11.8 Å². The number of rotatable bonds is 4. The summed E-state index contributed by atoms with van der Waals surface area (Å²) in [7, 11) is 0.460. The maximum absolute atomic E-state index is 4.27. The summed E-state index contributed by atoms with van der Waals surface area (Å²) in [5.41, 5.74) is 0. The van der Waals surface area contributed by atoms with Crippen molar-refractivity contribution in [2.75, 3.05) is 11.5 Å². The Hall–Kier alpha value is 0.220. The molecule has 0 saturated heterocycles. The summed E-state index contributed by atoms with van der Waals surface area (Å²) in [6.07, 6.45) is 5.92. The van der Waals surface area contributed by atoms with E-state index in [4.69, 9.17) is 0 Å². The lowest BCUT2D eigenvalue weighted by atomic mass is 10.1. The van der Waals surface area contributed by atoms with Gasteiger partial charge in [0.1, 0.15) is 0 Å². The van der Waals surface area contributed by atoms with Crippen LogP contribution in [0.15, 0.2) is 0 Å². The van der Waals surface area contributed by atoms with Crippen LogP contribution in [0.25, 0.3) is 0 Å². The van der Waals surface area contributed by atoms with Gasteiger partial charge in [-0.3, -0.25) is 0 Å². The fraction of sp³-hybridized carbons (Fsp3) is 0.909. The first-order chi connectivity index (χ1) is 5.68. The Labute approximate surface area is 79.7 Å². The molecule has 1 atom stereocenters. The molecule has 0 spiro atoms. The average molecular weight is 186 g/mol. The van der Waals surface area contributed by atoms with Gasteiger partial charge in [-0.05, 0) is 36.2 Å². The van der Waals surface area contributed by atoms with Crippen LogP contribution in [0.5, 0.6) is 0 Å². The molecule has 0 aromatic heterocycles. The predicted octanol–water partition coefficient (Wildman–Crippen LogP) is 3.53. The second-order valence-corrected chi connectivity index (χ2v) is 6.38. The van der Waals surface area contributed by atoms with E-state index in [1.165, 1.54) is 37.2 Å². The molecule has 1 unspecified atom stereocenters. The Morgan fingerprint density at radius 3 is 2.42 bits per heavy atom. The molecule has 0 bridgehead atoms. The van der Waals surface area contributed by atoms with Crippen LogP contribution in [-0.2, 0) is 0 Å². The van der Waals surface area contributed by atoms with Crippen LogP contribution in [0.1, 0.15) is 39.5 Å². The van der Waals surface area contributed by atoms with Gasteiger partial charge in [-0.15, -0.1) is 0 Å². The third-order valence-electron chi connectivity index (χ3n) is 2.52. The van der Waals surface area contributed by atoms with E-state index in [1.54, 1.807) is 0 Å². The summed E-state index contributed by atoms with van der Waals surface area (Å²) >= 11 is 0. The first-order valence-corrected chi connectivity index (χ1v) is 6.89. The van der Waals surface area contributed by atoms with Crippen molar-refractivity contribution < 1.29 is 0 Å². The highest BCUT2D eigenvalue weighted by Crippen LogP contribution is 2.30. The molecule has 0 N–H and O–H groups in total. The molecule has 1 heteroatoms. The SMILES string of the molecule is C=S(CC(C)C)CC1CCCC1. The Kier molecular flexibility index (Phi) is 4.34. The van der Waals surface area contributed by atoms with Gasteiger partial charge in [-0.2, -0.15) is 10.5 Å². The quantitative estimate of drug-likeness (QED) is 0.589. The molecule has 72 valence electrons. The van der Waals surface area contributed by atoms with Gasteiger partial charge in [-0.25, -0.2) is 0 Å². The fourth-order valence-electron chi connectivity index (χ4n) is 2.05. The van der Waals surface area contributed by atoms with Crippen LogP contribution >= 0.6 is 10.5 Å². The lowest BCUT2D eigenvalue weighted by Crippen LogP contribution is -2.03. The fourth-order valence-corrected chi connectivity index (χ4v) is 4.13.